The number of nitrogens with zero attached hydrogens (tertiary/aromatic N) is 1. The van der Waals surface area contributed by atoms with Crippen LogP contribution in [0.2, 0.25) is 0 Å². The molecule has 2 rings (SSSR count). The summed E-state index contributed by atoms with van der Waals surface area (Å²) in [6.45, 7) is 1.46. The van der Waals surface area contributed by atoms with Crippen molar-refractivity contribution in [1.82, 2.24) is 9.62 Å². The summed E-state index contributed by atoms with van der Waals surface area (Å²) >= 11 is 0. The molecule has 0 bridgehead atoms. The largest absolute Gasteiger partial charge is 0.324 e. The highest BCUT2D eigenvalue weighted by Crippen LogP contribution is 2.17. The van der Waals surface area contributed by atoms with Gasteiger partial charge < -0.3 is 10.2 Å². The van der Waals surface area contributed by atoms with Crippen LogP contribution >= 0.6 is 0 Å². The Kier molecular flexibility index (Phi) is 5.36. The van der Waals surface area contributed by atoms with Gasteiger partial charge in [0.15, 0.2) is 0 Å². The standard InChI is InChI=1S/C14H20FN3O3S/c1-22(20,21)16-9-11-3-2-8-18(10-11)14(19)17-13-6-4-12(15)5-7-13/h4-7,11,16H,2-3,8-10H2,1H3,(H,17,19). The molecule has 2 N–H and O–H groups in total. The third-order valence-corrected chi connectivity index (χ3v) is 4.23. The number of halogens is 1. The highest BCUT2D eigenvalue weighted by atomic mass is 32.2. The normalized spacial score (nSPS) is 19.0. The highest BCUT2D eigenvalue weighted by molar-refractivity contribution is 7.88. The summed E-state index contributed by atoms with van der Waals surface area (Å²) in [7, 11) is -3.22. The van der Waals surface area contributed by atoms with Crippen LogP contribution in [0, 0.1) is 11.7 Å². The minimum Gasteiger partial charge on any atom is -0.324 e. The van der Waals surface area contributed by atoms with E-state index >= 15 is 0 Å². The van der Waals surface area contributed by atoms with E-state index in [4.69, 9.17) is 0 Å². The minimum absolute atomic E-state index is 0.0995. The summed E-state index contributed by atoms with van der Waals surface area (Å²) in [5, 5.41) is 2.71. The van der Waals surface area contributed by atoms with Crippen molar-refractivity contribution in [2.45, 2.75) is 12.8 Å². The Morgan fingerprint density at radius 1 is 1.36 bits per heavy atom. The lowest BCUT2D eigenvalue weighted by Gasteiger charge is -2.32. The van der Waals surface area contributed by atoms with E-state index in [1.165, 1.54) is 24.3 Å². The molecule has 0 radical (unpaired) electrons. The summed E-state index contributed by atoms with van der Waals surface area (Å²) in [5.74, 6) is -0.259. The van der Waals surface area contributed by atoms with E-state index in [-0.39, 0.29) is 17.8 Å². The van der Waals surface area contributed by atoms with E-state index in [9.17, 15) is 17.6 Å². The van der Waals surface area contributed by atoms with E-state index in [1.807, 2.05) is 0 Å². The third-order valence-electron chi connectivity index (χ3n) is 3.54. The maximum absolute atomic E-state index is 12.8. The summed E-state index contributed by atoms with van der Waals surface area (Å²) in [6, 6.07) is 5.31. The number of piperidine rings is 1. The predicted molar refractivity (Wildman–Crippen MR) is 82.6 cm³/mol. The first kappa shape index (κ1) is 16.7. The number of benzene rings is 1. The number of nitrogens with one attached hydrogen (secondary N) is 2. The van der Waals surface area contributed by atoms with Crippen LogP contribution in [0.3, 0.4) is 0 Å². The molecule has 1 aliphatic rings. The highest BCUT2D eigenvalue weighted by Gasteiger charge is 2.24. The van der Waals surface area contributed by atoms with Crippen molar-refractivity contribution in [3.8, 4) is 0 Å². The second-order valence-corrected chi connectivity index (χ2v) is 7.34. The van der Waals surface area contributed by atoms with E-state index in [1.54, 1.807) is 4.90 Å². The van der Waals surface area contributed by atoms with Crippen LogP contribution < -0.4 is 10.0 Å². The van der Waals surface area contributed by atoms with Crippen molar-refractivity contribution < 1.29 is 17.6 Å². The zero-order valence-electron chi connectivity index (χ0n) is 12.4. The Labute approximate surface area is 129 Å². The fraction of sp³-hybridized carbons (Fsp3) is 0.500. The lowest BCUT2D eigenvalue weighted by atomic mass is 9.99. The molecular weight excluding hydrogens is 309 g/mol. The molecule has 1 heterocycles. The molecule has 22 heavy (non-hydrogen) atoms. The quantitative estimate of drug-likeness (QED) is 0.881. The van der Waals surface area contributed by atoms with Crippen molar-refractivity contribution in [2.75, 3.05) is 31.2 Å². The molecule has 1 atom stereocenters. The van der Waals surface area contributed by atoms with Gasteiger partial charge in [-0.2, -0.15) is 0 Å². The number of carbonyl (C=O) groups is 1. The maximum Gasteiger partial charge on any atom is 0.321 e. The second-order valence-electron chi connectivity index (χ2n) is 5.51. The summed E-state index contributed by atoms with van der Waals surface area (Å²) in [6.07, 6.45) is 2.82. The topological polar surface area (TPSA) is 78.5 Å². The van der Waals surface area contributed by atoms with Gasteiger partial charge in [-0.05, 0) is 43.0 Å². The van der Waals surface area contributed by atoms with Crippen LogP contribution in [-0.4, -0.2) is 45.2 Å². The summed E-state index contributed by atoms with van der Waals surface area (Å²) < 4.78 is 37.6. The Balaban J connectivity index is 1.88. The third kappa shape index (κ3) is 5.27. The van der Waals surface area contributed by atoms with E-state index in [0.717, 1.165) is 19.1 Å². The summed E-state index contributed by atoms with van der Waals surface area (Å²) in [5.41, 5.74) is 0.530. The number of anilines is 1. The van der Waals surface area contributed by atoms with Crippen LogP contribution in [0.4, 0.5) is 14.9 Å². The Hall–Kier alpha value is -1.67. The SMILES string of the molecule is CS(=O)(=O)NCC1CCCN(C(=O)Nc2ccc(F)cc2)C1. The van der Waals surface area contributed by atoms with E-state index in [2.05, 4.69) is 10.0 Å². The van der Waals surface area contributed by atoms with Gasteiger partial charge in [-0.3, -0.25) is 0 Å². The molecule has 0 aromatic heterocycles. The molecule has 0 spiro atoms. The number of hydrogen-bond donors (Lipinski definition) is 2. The average Bonchev–Trinajstić information content (AvgIpc) is 2.47. The number of carbonyl (C=O) groups excluding carboxylic acids is 1. The molecule has 0 aliphatic carbocycles. The fourth-order valence-corrected chi connectivity index (χ4v) is 2.96. The van der Waals surface area contributed by atoms with E-state index < -0.39 is 10.0 Å². The number of hydrogen-bond acceptors (Lipinski definition) is 3. The molecule has 1 aromatic carbocycles. The van der Waals surface area contributed by atoms with Crippen LogP contribution in [0.1, 0.15) is 12.8 Å². The van der Waals surface area contributed by atoms with Gasteiger partial charge >= 0.3 is 6.03 Å². The van der Waals surface area contributed by atoms with Gasteiger partial charge in [0, 0.05) is 25.3 Å². The maximum atomic E-state index is 12.8. The molecule has 1 fully saturated rings. The number of sulfonamides is 1. The van der Waals surface area contributed by atoms with Crippen LogP contribution in [0.5, 0.6) is 0 Å². The van der Waals surface area contributed by atoms with Crippen molar-refractivity contribution in [2.24, 2.45) is 5.92 Å². The van der Waals surface area contributed by atoms with Gasteiger partial charge in [0.1, 0.15) is 5.82 Å². The van der Waals surface area contributed by atoms with Crippen LogP contribution in [-0.2, 0) is 10.0 Å². The van der Waals surface area contributed by atoms with Crippen molar-refractivity contribution in [3.05, 3.63) is 30.1 Å². The Morgan fingerprint density at radius 2 is 2.05 bits per heavy atom. The lowest BCUT2D eigenvalue weighted by molar-refractivity contribution is 0.178. The van der Waals surface area contributed by atoms with Crippen molar-refractivity contribution >= 4 is 21.7 Å². The molecule has 0 saturated carbocycles. The van der Waals surface area contributed by atoms with Crippen LogP contribution in [0.25, 0.3) is 0 Å². The Bertz CT molecular complexity index is 619. The molecule has 1 saturated heterocycles. The van der Waals surface area contributed by atoms with Gasteiger partial charge in [0.25, 0.3) is 0 Å². The van der Waals surface area contributed by atoms with E-state index in [0.29, 0.717) is 25.3 Å². The smallest absolute Gasteiger partial charge is 0.321 e. The van der Waals surface area contributed by atoms with Gasteiger partial charge in [0.2, 0.25) is 10.0 Å². The van der Waals surface area contributed by atoms with Crippen molar-refractivity contribution in [1.29, 1.82) is 0 Å². The minimum atomic E-state index is -3.22. The number of rotatable bonds is 4. The zero-order valence-corrected chi connectivity index (χ0v) is 13.2. The van der Waals surface area contributed by atoms with Gasteiger partial charge in [0.05, 0.1) is 6.26 Å². The molecule has 1 unspecified atom stereocenters. The first-order valence-corrected chi connectivity index (χ1v) is 8.99. The average molecular weight is 329 g/mol. The predicted octanol–water partition coefficient (Wildman–Crippen LogP) is 1.62. The molecular formula is C14H20FN3O3S. The van der Waals surface area contributed by atoms with Crippen molar-refractivity contribution in [3.63, 3.8) is 0 Å². The molecule has 1 aliphatic heterocycles. The summed E-state index contributed by atoms with van der Waals surface area (Å²) in [4.78, 5) is 13.8. The Morgan fingerprint density at radius 3 is 2.68 bits per heavy atom. The molecule has 2 amide bonds. The first-order valence-electron chi connectivity index (χ1n) is 7.09. The van der Waals surface area contributed by atoms with Crippen LogP contribution in [0.15, 0.2) is 24.3 Å². The lowest BCUT2D eigenvalue weighted by Crippen LogP contribution is -2.45. The molecule has 122 valence electrons. The van der Waals surface area contributed by atoms with Gasteiger partial charge in [-0.25, -0.2) is 22.3 Å². The number of likely N-dealkylation sites (tertiary alicyclic amines) is 1. The molecule has 1 aromatic rings. The number of amides is 2. The second kappa shape index (κ2) is 7.06. The van der Waals surface area contributed by atoms with Gasteiger partial charge in [-0.15, -0.1) is 0 Å². The monoisotopic (exact) mass is 329 g/mol. The molecule has 6 nitrogen and oxygen atoms in total. The fourth-order valence-electron chi connectivity index (χ4n) is 2.42. The first-order chi connectivity index (χ1) is 10.3. The van der Waals surface area contributed by atoms with Gasteiger partial charge in [-0.1, -0.05) is 0 Å². The number of urea groups is 1. The zero-order chi connectivity index (χ0) is 16.2. The molecule has 8 heteroatoms.